The van der Waals surface area contributed by atoms with E-state index in [4.69, 9.17) is 4.74 Å². The van der Waals surface area contributed by atoms with Gasteiger partial charge in [0.05, 0.1) is 4.91 Å². The lowest BCUT2D eigenvalue weighted by Gasteiger charge is -2.12. The summed E-state index contributed by atoms with van der Waals surface area (Å²) in [5.41, 5.74) is 1.83. The molecule has 4 nitrogen and oxygen atoms in total. The van der Waals surface area contributed by atoms with Crippen LogP contribution in [0.15, 0.2) is 70.6 Å². The maximum Gasteiger partial charge on any atom is 0.293 e. The number of amides is 2. The van der Waals surface area contributed by atoms with Crippen LogP contribution in [0.3, 0.4) is 0 Å². The van der Waals surface area contributed by atoms with Crippen molar-refractivity contribution in [1.29, 1.82) is 0 Å². The largest absolute Gasteiger partial charge is 0.489 e. The molecule has 138 valence electrons. The first-order valence-corrected chi connectivity index (χ1v) is 10.0. The van der Waals surface area contributed by atoms with Crippen molar-refractivity contribution in [2.24, 2.45) is 0 Å². The van der Waals surface area contributed by atoms with Gasteiger partial charge in [-0.25, -0.2) is 0 Å². The van der Waals surface area contributed by atoms with Crippen LogP contribution >= 0.6 is 27.7 Å². The monoisotopic (exact) mass is 443 g/mol. The van der Waals surface area contributed by atoms with Crippen molar-refractivity contribution in [3.8, 4) is 5.75 Å². The summed E-state index contributed by atoms with van der Waals surface area (Å²) in [6.07, 6.45) is 4.00. The van der Waals surface area contributed by atoms with Gasteiger partial charge in [-0.15, -0.1) is 0 Å². The highest BCUT2D eigenvalue weighted by Crippen LogP contribution is 2.35. The summed E-state index contributed by atoms with van der Waals surface area (Å²) < 4.78 is 6.51. The Kier molecular flexibility index (Phi) is 6.53. The number of nitrogens with zero attached hydrogens (tertiary/aromatic N) is 1. The van der Waals surface area contributed by atoms with Gasteiger partial charge < -0.3 is 4.74 Å². The molecule has 2 amide bonds. The maximum absolute atomic E-state index is 12.7. The first kappa shape index (κ1) is 19.5. The van der Waals surface area contributed by atoms with E-state index in [0.717, 1.165) is 27.4 Å². The summed E-state index contributed by atoms with van der Waals surface area (Å²) in [5, 5.41) is -0.245. The normalized spacial score (nSPS) is 15.4. The fraction of sp³-hybridized carbons (Fsp3) is 0.143. The first-order chi connectivity index (χ1) is 13.1. The van der Waals surface area contributed by atoms with Gasteiger partial charge in [0.1, 0.15) is 12.4 Å². The Bertz CT molecular complexity index is 896. The van der Waals surface area contributed by atoms with Crippen molar-refractivity contribution in [2.75, 3.05) is 13.2 Å². The van der Waals surface area contributed by atoms with Crippen LogP contribution < -0.4 is 4.74 Å². The average Bonchev–Trinajstić information content (AvgIpc) is 2.93. The van der Waals surface area contributed by atoms with E-state index in [-0.39, 0.29) is 11.1 Å². The number of halogens is 1. The summed E-state index contributed by atoms with van der Waals surface area (Å²) in [6.45, 7) is 4.37. The van der Waals surface area contributed by atoms with Gasteiger partial charge in [0.2, 0.25) is 0 Å². The molecule has 6 heteroatoms. The Labute approximate surface area is 171 Å². The molecule has 0 atom stereocenters. The zero-order chi connectivity index (χ0) is 19.2. The van der Waals surface area contributed by atoms with Crippen LogP contribution in [0, 0.1) is 0 Å². The number of imide groups is 1. The van der Waals surface area contributed by atoms with E-state index in [1.807, 2.05) is 48.5 Å². The fourth-order valence-corrected chi connectivity index (χ4v) is 3.87. The molecule has 0 spiro atoms. The second-order valence-electron chi connectivity index (χ2n) is 5.85. The molecule has 2 aromatic carbocycles. The molecule has 2 aromatic rings. The van der Waals surface area contributed by atoms with E-state index < -0.39 is 0 Å². The molecule has 0 aromatic heterocycles. The minimum Gasteiger partial charge on any atom is -0.489 e. The Morgan fingerprint density at radius 3 is 2.67 bits per heavy atom. The molecule has 0 N–H and O–H groups in total. The van der Waals surface area contributed by atoms with Crippen molar-refractivity contribution < 1.29 is 14.3 Å². The maximum atomic E-state index is 12.7. The molecule has 0 aliphatic carbocycles. The quantitative estimate of drug-likeness (QED) is 0.430. The number of thioether (sulfide) groups is 1. The molecule has 1 aliphatic rings. The first-order valence-electron chi connectivity index (χ1n) is 8.41. The summed E-state index contributed by atoms with van der Waals surface area (Å²) >= 11 is 4.39. The number of carbonyl (C=O) groups excluding carboxylic acids is 2. The van der Waals surface area contributed by atoms with Crippen LogP contribution in [0.2, 0.25) is 0 Å². The van der Waals surface area contributed by atoms with E-state index in [0.29, 0.717) is 30.2 Å². The van der Waals surface area contributed by atoms with Crippen LogP contribution in [0.1, 0.15) is 11.1 Å². The molecule has 27 heavy (non-hydrogen) atoms. The van der Waals surface area contributed by atoms with Gasteiger partial charge in [0.15, 0.2) is 0 Å². The van der Waals surface area contributed by atoms with Gasteiger partial charge >= 0.3 is 0 Å². The number of carbonyl (C=O) groups is 2. The highest BCUT2D eigenvalue weighted by molar-refractivity contribution is 9.10. The molecule has 3 rings (SSSR count). The van der Waals surface area contributed by atoms with E-state index in [9.17, 15) is 9.59 Å². The molecule has 1 aliphatic heterocycles. The van der Waals surface area contributed by atoms with Gasteiger partial charge in [-0.05, 0) is 48.0 Å². The summed E-state index contributed by atoms with van der Waals surface area (Å²) in [7, 11) is 0. The van der Waals surface area contributed by atoms with Crippen LogP contribution in [0.4, 0.5) is 4.79 Å². The SMILES string of the molecule is C=CCOc1ccc(Br)cc1/C=C1/SC(=O)N(CCc2ccccc2)C1=O. The smallest absolute Gasteiger partial charge is 0.293 e. The van der Waals surface area contributed by atoms with Gasteiger partial charge in [0, 0.05) is 16.6 Å². The summed E-state index contributed by atoms with van der Waals surface area (Å²) in [4.78, 5) is 26.7. The van der Waals surface area contributed by atoms with Gasteiger partial charge in [-0.3, -0.25) is 14.5 Å². The van der Waals surface area contributed by atoms with E-state index in [2.05, 4.69) is 22.5 Å². The van der Waals surface area contributed by atoms with Crippen molar-refractivity contribution in [3.05, 3.63) is 81.7 Å². The highest BCUT2D eigenvalue weighted by Gasteiger charge is 2.34. The average molecular weight is 444 g/mol. The lowest BCUT2D eigenvalue weighted by Crippen LogP contribution is -2.30. The number of hydrogen-bond donors (Lipinski definition) is 0. The fourth-order valence-electron chi connectivity index (χ4n) is 2.63. The minimum absolute atomic E-state index is 0.245. The van der Waals surface area contributed by atoms with Crippen molar-refractivity contribution >= 4 is 44.9 Å². The second kappa shape index (κ2) is 9.06. The number of benzene rings is 2. The third-order valence-electron chi connectivity index (χ3n) is 3.96. The van der Waals surface area contributed by atoms with Crippen molar-refractivity contribution in [1.82, 2.24) is 4.90 Å². The highest BCUT2D eigenvalue weighted by atomic mass is 79.9. The third-order valence-corrected chi connectivity index (χ3v) is 5.36. The topological polar surface area (TPSA) is 46.6 Å². The molecule has 1 fully saturated rings. The van der Waals surface area contributed by atoms with E-state index >= 15 is 0 Å². The van der Waals surface area contributed by atoms with Crippen LogP contribution in [-0.2, 0) is 11.2 Å². The second-order valence-corrected chi connectivity index (χ2v) is 7.76. The van der Waals surface area contributed by atoms with Crippen LogP contribution in [0.5, 0.6) is 5.75 Å². The Balaban J connectivity index is 1.78. The lowest BCUT2D eigenvalue weighted by molar-refractivity contribution is -0.122. The molecule has 1 heterocycles. The van der Waals surface area contributed by atoms with Crippen molar-refractivity contribution in [3.63, 3.8) is 0 Å². The predicted molar refractivity (Wildman–Crippen MR) is 113 cm³/mol. The van der Waals surface area contributed by atoms with E-state index in [1.165, 1.54) is 4.90 Å². The summed E-state index contributed by atoms with van der Waals surface area (Å²) in [6, 6.07) is 15.3. The van der Waals surface area contributed by atoms with Crippen molar-refractivity contribution in [2.45, 2.75) is 6.42 Å². The molecule has 0 bridgehead atoms. The molecule has 1 saturated heterocycles. The Morgan fingerprint density at radius 2 is 1.93 bits per heavy atom. The lowest BCUT2D eigenvalue weighted by atomic mass is 10.1. The third kappa shape index (κ3) is 4.90. The standard InChI is InChI=1S/C21H18BrNO3S/c1-2-12-26-18-9-8-17(22)13-16(18)14-19-20(24)23(21(25)27-19)11-10-15-6-4-3-5-7-15/h2-9,13-14H,1,10-12H2/b19-14+. The molecule has 0 radical (unpaired) electrons. The van der Waals surface area contributed by atoms with Crippen LogP contribution in [0.25, 0.3) is 6.08 Å². The number of rotatable bonds is 7. The van der Waals surface area contributed by atoms with Gasteiger partial charge in [0.25, 0.3) is 11.1 Å². The molecular formula is C21H18BrNO3S. The minimum atomic E-state index is -0.268. The molecule has 0 unspecified atom stereocenters. The zero-order valence-corrected chi connectivity index (χ0v) is 17.0. The Hall–Kier alpha value is -2.31. The molecule has 0 saturated carbocycles. The number of hydrogen-bond acceptors (Lipinski definition) is 4. The summed E-state index contributed by atoms with van der Waals surface area (Å²) in [5.74, 6) is 0.366. The van der Waals surface area contributed by atoms with Crippen LogP contribution in [-0.4, -0.2) is 29.2 Å². The van der Waals surface area contributed by atoms with Gasteiger partial charge in [-0.1, -0.05) is 58.9 Å². The number of ether oxygens (including phenoxy) is 1. The predicted octanol–water partition coefficient (Wildman–Crippen LogP) is 5.29. The molecular weight excluding hydrogens is 426 g/mol. The van der Waals surface area contributed by atoms with E-state index in [1.54, 1.807) is 12.2 Å². The zero-order valence-electron chi connectivity index (χ0n) is 14.6. The Morgan fingerprint density at radius 1 is 1.15 bits per heavy atom. The van der Waals surface area contributed by atoms with Gasteiger partial charge in [-0.2, -0.15) is 0 Å².